The molecule has 1 fully saturated rings. The summed E-state index contributed by atoms with van der Waals surface area (Å²) < 4.78 is 0. The molecule has 0 heterocycles. The predicted molar refractivity (Wildman–Crippen MR) is 69.4 cm³/mol. The van der Waals surface area contributed by atoms with Crippen molar-refractivity contribution in [2.24, 2.45) is 5.92 Å². The van der Waals surface area contributed by atoms with Gasteiger partial charge >= 0.3 is 12.0 Å². The van der Waals surface area contributed by atoms with Crippen LogP contribution in [0.4, 0.5) is 4.79 Å². The fourth-order valence-electron chi connectivity index (χ4n) is 2.45. The molecule has 1 aliphatic carbocycles. The summed E-state index contributed by atoms with van der Waals surface area (Å²) in [5.41, 5.74) is 0. The van der Waals surface area contributed by atoms with Crippen LogP contribution in [0.5, 0.6) is 0 Å². The number of carboxylic acid groups (broad SMARTS) is 1. The Kier molecular flexibility index (Phi) is 5.95. The van der Waals surface area contributed by atoms with Crippen LogP contribution in [-0.2, 0) is 4.79 Å². The quantitative estimate of drug-likeness (QED) is 0.705. The molecule has 104 valence electrons. The van der Waals surface area contributed by atoms with E-state index in [1.54, 1.807) is 0 Å². The number of nitrogens with one attached hydrogen (secondary N) is 2. The van der Waals surface area contributed by atoms with Gasteiger partial charge in [-0.05, 0) is 25.2 Å². The number of amides is 2. The third-order valence-electron chi connectivity index (χ3n) is 3.61. The molecule has 0 radical (unpaired) electrons. The third kappa shape index (κ3) is 4.55. The highest BCUT2D eigenvalue weighted by molar-refractivity contribution is 5.82. The molecule has 5 heteroatoms. The summed E-state index contributed by atoms with van der Waals surface area (Å²) in [4.78, 5) is 22.7. The molecule has 1 aliphatic rings. The lowest BCUT2D eigenvalue weighted by Crippen LogP contribution is -2.51. The minimum atomic E-state index is -0.969. The number of hydrogen-bond acceptors (Lipinski definition) is 2. The molecule has 5 nitrogen and oxygen atoms in total. The van der Waals surface area contributed by atoms with E-state index < -0.39 is 12.0 Å². The van der Waals surface area contributed by atoms with Gasteiger partial charge in [0, 0.05) is 6.04 Å². The Bertz CT molecular complexity index is 294. The fourth-order valence-corrected chi connectivity index (χ4v) is 2.45. The first-order valence-electron chi connectivity index (χ1n) is 6.84. The summed E-state index contributed by atoms with van der Waals surface area (Å²) >= 11 is 0. The number of carbonyl (C=O) groups excluding carboxylic acids is 1. The summed E-state index contributed by atoms with van der Waals surface area (Å²) in [5, 5.41) is 14.4. The molecule has 3 N–H and O–H groups in total. The van der Waals surface area contributed by atoms with Crippen molar-refractivity contribution in [3.05, 3.63) is 0 Å². The Labute approximate surface area is 108 Å². The number of urea groups is 1. The van der Waals surface area contributed by atoms with Gasteiger partial charge in [-0.1, -0.05) is 33.1 Å². The highest BCUT2D eigenvalue weighted by atomic mass is 16.4. The number of aliphatic carboxylic acids is 1. The molecule has 0 aromatic rings. The molecule has 2 amide bonds. The van der Waals surface area contributed by atoms with Crippen molar-refractivity contribution < 1.29 is 14.7 Å². The summed E-state index contributed by atoms with van der Waals surface area (Å²) in [6, 6.07) is -0.960. The van der Waals surface area contributed by atoms with Crippen LogP contribution in [0.2, 0.25) is 0 Å². The van der Waals surface area contributed by atoms with Gasteiger partial charge in [-0.25, -0.2) is 9.59 Å². The first kappa shape index (κ1) is 14.8. The van der Waals surface area contributed by atoms with E-state index in [0.717, 1.165) is 25.7 Å². The Hall–Kier alpha value is -1.26. The van der Waals surface area contributed by atoms with Crippen LogP contribution < -0.4 is 10.6 Å². The molecule has 3 unspecified atom stereocenters. The second-order valence-electron chi connectivity index (χ2n) is 5.17. The largest absolute Gasteiger partial charge is 0.480 e. The normalized spacial score (nSPS) is 25.2. The monoisotopic (exact) mass is 256 g/mol. The zero-order chi connectivity index (χ0) is 13.5. The van der Waals surface area contributed by atoms with Crippen molar-refractivity contribution in [1.82, 2.24) is 10.6 Å². The first-order valence-corrected chi connectivity index (χ1v) is 6.84. The maximum absolute atomic E-state index is 11.8. The van der Waals surface area contributed by atoms with Crippen molar-refractivity contribution in [3.63, 3.8) is 0 Å². The highest BCUT2D eigenvalue weighted by Gasteiger charge is 2.25. The topological polar surface area (TPSA) is 78.4 Å². The van der Waals surface area contributed by atoms with Crippen LogP contribution in [-0.4, -0.2) is 29.2 Å². The van der Waals surface area contributed by atoms with Crippen LogP contribution >= 0.6 is 0 Å². The fraction of sp³-hybridized carbons (Fsp3) is 0.846. The van der Waals surface area contributed by atoms with Gasteiger partial charge in [-0.3, -0.25) is 0 Å². The molecule has 0 aliphatic heterocycles. The van der Waals surface area contributed by atoms with Gasteiger partial charge in [0.25, 0.3) is 0 Å². The third-order valence-corrected chi connectivity index (χ3v) is 3.61. The number of hydrogen-bond donors (Lipinski definition) is 3. The van der Waals surface area contributed by atoms with Crippen molar-refractivity contribution in [2.75, 3.05) is 0 Å². The minimum Gasteiger partial charge on any atom is -0.480 e. The van der Waals surface area contributed by atoms with Crippen LogP contribution in [0.3, 0.4) is 0 Å². The average Bonchev–Trinajstić information content (AvgIpc) is 2.31. The summed E-state index contributed by atoms with van der Waals surface area (Å²) in [6.07, 6.45) is 5.66. The smallest absolute Gasteiger partial charge is 0.326 e. The maximum atomic E-state index is 11.8. The summed E-state index contributed by atoms with van der Waals surface area (Å²) in [5.74, 6) is -0.498. The van der Waals surface area contributed by atoms with Gasteiger partial charge < -0.3 is 15.7 Å². The van der Waals surface area contributed by atoms with E-state index in [1.807, 2.05) is 6.92 Å². The van der Waals surface area contributed by atoms with Crippen LogP contribution in [0.25, 0.3) is 0 Å². The molecule has 0 spiro atoms. The standard InChI is InChI=1S/C13H24N2O3/c1-3-6-11(12(16)17)15-13(18)14-10-8-5-4-7-9(10)2/h9-11H,3-8H2,1-2H3,(H,16,17)(H2,14,15,18). The van der Waals surface area contributed by atoms with Gasteiger partial charge in [0.15, 0.2) is 0 Å². The van der Waals surface area contributed by atoms with Crippen LogP contribution in [0, 0.1) is 5.92 Å². The van der Waals surface area contributed by atoms with E-state index in [4.69, 9.17) is 5.11 Å². The zero-order valence-electron chi connectivity index (χ0n) is 11.2. The average molecular weight is 256 g/mol. The number of carbonyl (C=O) groups is 2. The van der Waals surface area contributed by atoms with Crippen molar-refractivity contribution in [2.45, 2.75) is 64.5 Å². The second kappa shape index (κ2) is 7.24. The summed E-state index contributed by atoms with van der Waals surface area (Å²) in [7, 11) is 0. The molecule has 1 saturated carbocycles. The molecule has 0 bridgehead atoms. The van der Waals surface area contributed by atoms with Crippen molar-refractivity contribution in [3.8, 4) is 0 Å². The second-order valence-corrected chi connectivity index (χ2v) is 5.17. The van der Waals surface area contributed by atoms with Gasteiger partial charge in [-0.15, -0.1) is 0 Å². The molecule has 18 heavy (non-hydrogen) atoms. The Morgan fingerprint density at radius 1 is 1.33 bits per heavy atom. The maximum Gasteiger partial charge on any atom is 0.326 e. The zero-order valence-corrected chi connectivity index (χ0v) is 11.2. The van der Waals surface area contributed by atoms with Gasteiger partial charge in [0.2, 0.25) is 0 Å². The molecule has 0 aromatic heterocycles. The van der Waals surface area contributed by atoms with Crippen LogP contribution in [0.1, 0.15) is 52.4 Å². The van der Waals surface area contributed by atoms with E-state index in [1.165, 1.54) is 6.42 Å². The minimum absolute atomic E-state index is 0.176. The predicted octanol–water partition coefficient (Wildman–Crippen LogP) is 2.12. The molecule has 0 saturated heterocycles. The molecule has 1 rings (SSSR count). The van der Waals surface area contributed by atoms with E-state index in [2.05, 4.69) is 17.6 Å². The number of rotatable bonds is 5. The van der Waals surface area contributed by atoms with Gasteiger partial charge in [0.1, 0.15) is 6.04 Å². The van der Waals surface area contributed by atoms with Gasteiger partial charge in [0.05, 0.1) is 0 Å². The summed E-state index contributed by atoms with van der Waals surface area (Å²) in [6.45, 7) is 4.03. The number of carboxylic acids is 1. The lowest BCUT2D eigenvalue weighted by atomic mass is 9.86. The van der Waals surface area contributed by atoms with Crippen molar-refractivity contribution >= 4 is 12.0 Å². The molecule has 3 atom stereocenters. The van der Waals surface area contributed by atoms with E-state index in [-0.39, 0.29) is 12.1 Å². The Balaban J connectivity index is 2.41. The Morgan fingerprint density at radius 2 is 2.00 bits per heavy atom. The van der Waals surface area contributed by atoms with E-state index in [0.29, 0.717) is 12.3 Å². The van der Waals surface area contributed by atoms with Gasteiger partial charge in [-0.2, -0.15) is 0 Å². The van der Waals surface area contributed by atoms with Crippen LogP contribution in [0.15, 0.2) is 0 Å². The molecule has 0 aromatic carbocycles. The van der Waals surface area contributed by atoms with Crippen molar-refractivity contribution in [1.29, 1.82) is 0 Å². The van der Waals surface area contributed by atoms with E-state index >= 15 is 0 Å². The highest BCUT2D eigenvalue weighted by Crippen LogP contribution is 2.23. The van der Waals surface area contributed by atoms with E-state index in [9.17, 15) is 9.59 Å². The lowest BCUT2D eigenvalue weighted by Gasteiger charge is -2.30. The lowest BCUT2D eigenvalue weighted by molar-refractivity contribution is -0.139. The molecular weight excluding hydrogens is 232 g/mol. The Morgan fingerprint density at radius 3 is 2.56 bits per heavy atom. The first-order chi connectivity index (χ1) is 8.54. The molecular formula is C13H24N2O3. The SMILES string of the molecule is CCCC(NC(=O)NC1CCCCC1C)C(=O)O.